The summed E-state index contributed by atoms with van der Waals surface area (Å²) in [6, 6.07) is 0. The van der Waals surface area contributed by atoms with Crippen molar-refractivity contribution >= 4 is 13.1 Å². The van der Waals surface area contributed by atoms with Gasteiger partial charge in [0.05, 0.1) is 0 Å². The van der Waals surface area contributed by atoms with Gasteiger partial charge in [0.25, 0.3) is 0 Å². The van der Waals surface area contributed by atoms with Crippen LogP contribution in [0.15, 0.2) is 0 Å². The first-order valence-corrected chi connectivity index (χ1v) is 4.22. The van der Waals surface area contributed by atoms with Gasteiger partial charge in [-0.2, -0.15) is 0 Å². The van der Waals surface area contributed by atoms with E-state index in [-0.39, 0.29) is 51.4 Å². The van der Waals surface area contributed by atoms with E-state index >= 15 is 0 Å². The molecule has 1 amide bonds. The first-order valence-electron chi connectivity index (χ1n) is 4.22. The Morgan fingerprint density at radius 1 is 1.33 bits per heavy atom. The molecule has 0 radical (unpaired) electrons. The number of hydrogen-bond acceptors (Lipinski definition) is 2. The average molecular weight is 251 g/mol. The van der Waals surface area contributed by atoms with Crippen molar-refractivity contribution < 1.29 is 73.9 Å². The second-order valence-electron chi connectivity index (χ2n) is 4.06. The minimum absolute atomic E-state index is 0. The van der Waals surface area contributed by atoms with Gasteiger partial charge in [-0.05, 0) is 26.7 Å². The predicted octanol–water partition coefficient (Wildman–Crippen LogP) is -0.710. The van der Waals surface area contributed by atoms with Gasteiger partial charge in [-0.25, -0.2) is 4.79 Å². The summed E-state index contributed by atoms with van der Waals surface area (Å²) in [7, 11) is 0. The third-order valence-corrected chi connectivity index (χ3v) is 1.31. The van der Waals surface area contributed by atoms with Crippen LogP contribution in [-0.4, -0.2) is 24.6 Å². The summed E-state index contributed by atoms with van der Waals surface area (Å²) in [5, 5.41) is 1.72. The van der Waals surface area contributed by atoms with Crippen molar-refractivity contribution in [2.45, 2.75) is 39.2 Å². The van der Waals surface area contributed by atoms with Gasteiger partial charge in [0, 0.05) is 0 Å². The predicted molar refractivity (Wildman–Crippen MR) is 47.9 cm³/mol. The molecule has 3 nitrogen and oxygen atoms in total. The van der Waals surface area contributed by atoms with Crippen molar-refractivity contribution in [2.75, 3.05) is 0 Å². The Hall–Kier alpha value is 0.761. The molecule has 0 aromatic rings. The normalized spacial score (nSPS) is 13.8. The van der Waals surface area contributed by atoms with Gasteiger partial charge in [0.15, 0.2) is 0 Å². The summed E-state index contributed by atoms with van der Waals surface area (Å²) in [6.07, 6.45) is -1.05. The molecule has 0 aromatic carbocycles. The van der Waals surface area contributed by atoms with Gasteiger partial charge < -0.3 is 23.0 Å². The minimum Gasteiger partial charge on any atom is -0.448 e. The van der Waals surface area contributed by atoms with Crippen molar-refractivity contribution in [3.05, 3.63) is 0 Å². The molecule has 0 bridgehead atoms. The van der Waals surface area contributed by atoms with E-state index in [1.807, 2.05) is 0 Å². The number of carbonyl (C=O) groups excluding carboxylic acids is 1. The fourth-order valence-corrected chi connectivity index (χ4v) is 0.588. The maximum atomic E-state index is 12.0. The molecule has 15 heavy (non-hydrogen) atoms. The van der Waals surface area contributed by atoms with Crippen LogP contribution in [0.1, 0.15) is 27.7 Å². The molecule has 0 spiro atoms. The molecule has 0 aliphatic heterocycles. The van der Waals surface area contributed by atoms with Gasteiger partial charge in [0.2, 0.25) is 0 Å². The van der Waals surface area contributed by atoms with Gasteiger partial charge in [0.1, 0.15) is 5.60 Å². The van der Waals surface area contributed by atoms with Crippen LogP contribution in [0.3, 0.4) is 0 Å². The Balaban J connectivity index is 0. The summed E-state index contributed by atoms with van der Waals surface area (Å²) in [6.45, 7) is 0.556. The monoisotopic (exact) mass is 251 g/mol. The van der Waals surface area contributed by atoms with E-state index in [1.54, 1.807) is 26.1 Å². The summed E-state index contributed by atoms with van der Waals surface area (Å²) < 4.78 is 40.8. The van der Waals surface area contributed by atoms with Crippen LogP contribution < -0.4 is 56.7 Å². The maximum Gasteiger partial charge on any atom is 1.00 e. The van der Waals surface area contributed by atoms with Crippen LogP contribution in [0.2, 0.25) is 0 Å². The van der Waals surface area contributed by atoms with E-state index in [9.17, 15) is 17.7 Å². The fourth-order valence-electron chi connectivity index (χ4n) is 0.588. The summed E-state index contributed by atoms with van der Waals surface area (Å²) in [5.41, 5.74) is -0.789. The van der Waals surface area contributed by atoms with E-state index in [0.29, 0.717) is 0 Å². The SMILES string of the molecule is C[C@H](NC(=O)OC(C)(C)C)[B-](F)(F)F.[K+]. The van der Waals surface area contributed by atoms with E-state index in [4.69, 9.17) is 0 Å². The first-order chi connectivity index (χ1) is 6.02. The van der Waals surface area contributed by atoms with Gasteiger partial charge in [-0.3, -0.25) is 0 Å². The van der Waals surface area contributed by atoms with Crippen LogP contribution in [0, 0.1) is 0 Å². The Morgan fingerprint density at radius 3 is 2.00 bits per heavy atom. The van der Waals surface area contributed by atoms with Gasteiger partial charge >= 0.3 is 64.5 Å². The molecule has 1 atom stereocenters. The zero-order valence-electron chi connectivity index (χ0n) is 9.61. The molecule has 0 aliphatic carbocycles. The zero-order valence-corrected chi connectivity index (χ0v) is 12.7. The molecule has 8 heteroatoms. The number of halogens is 3. The van der Waals surface area contributed by atoms with Crippen LogP contribution >= 0.6 is 0 Å². The zero-order chi connectivity index (χ0) is 11.6. The number of rotatable bonds is 2. The Kier molecular flexibility index (Phi) is 7.84. The van der Waals surface area contributed by atoms with Crippen LogP contribution in [0.25, 0.3) is 0 Å². The van der Waals surface area contributed by atoms with E-state index in [2.05, 4.69) is 4.74 Å². The Bertz CT molecular complexity index is 217. The number of ether oxygens (including phenoxy) is 1. The molecular formula is C7H14BF3KNO2. The number of amides is 1. The van der Waals surface area contributed by atoms with Crippen molar-refractivity contribution in [3.63, 3.8) is 0 Å². The summed E-state index contributed by atoms with van der Waals surface area (Å²) >= 11 is 0. The Labute approximate surface area is 130 Å². The van der Waals surface area contributed by atoms with Crippen molar-refractivity contribution in [2.24, 2.45) is 0 Å². The topological polar surface area (TPSA) is 38.3 Å². The standard InChI is InChI=1S/C7H14BF3NO2.K/c1-5(8(9,10)11)12-6(13)14-7(2,3)4;/h5H,1-4H3,(H,12,13);/q-1;+1/t5-;/m0./s1. The molecule has 0 saturated heterocycles. The van der Waals surface area contributed by atoms with E-state index in [1.165, 1.54) is 0 Å². The molecule has 0 saturated carbocycles. The molecule has 84 valence electrons. The summed E-state index contributed by atoms with van der Waals surface area (Å²) in [4.78, 5) is 10.9. The van der Waals surface area contributed by atoms with Gasteiger partial charge in [-0.1, -0.05) is 6.92 Å². The second-order valence-corrected chi connectivity index (χ2v) is 4.06. The average Bonchev–Trinajstić information content (AvgIpc) is 1.79. The number of hydrogen-bond donors (Lipinski definition) is 1. The summed E-state index contributed by atoms with van der Waals surface area (Å²) in [5.74, 6) is -1.84. The van der Waals surface area contributed by atoms with Crippen LogP contribution in [0.4, 0.5) is 17.7 Å². The van der Waals surface area contributed by atoms with Crippen molar-refractivity contribution in [1.82, 2.24) is 5.32 Å². The van der Waals surface area contributed by atoms with Gasteiger partial charge in [-0.15, -0.1) is 0 Å². The van der Waals surface area contributed by atoms with E-state index < -0.39 is 24.6 Å². The maximum absolute atomic E-state index is 12.0. The van der Waals surface area contributed by atoms with Crippen molar-refractivity contribution in [3.8, 4) is 0 Å². The largest absolute Gasteiger partial charge is 1.00 e. The van der Waals surface area contributed by atoms with Crippen molar-refractivity contribution in [1.29, 1.82) is 0 Å². The van der Waals surface area contributed by atoms with Crippen LogP contribution in [0.5, 0.6) is 0 Å². The number of nitrogens with one attached hydrogen (secondary N) is 1. The molecule has 0 rings (SSSR count). The molecule has 0 aromatic heterocycles. The number of carbonyl (C=O) groups is 1. The fraction of sp³-hybridized carbons (Fsp3) is 0.857. The number of alkyl carbamates (subject to hydrolysis) is 1. The smallest absolute Gasteiger partial charge is 0.448 e. The molecular weight excluding hydrogens is 237 g/mol. The molecule has 1 N–H and O–H groups in total. The van der Waals surface area contributed by atoms with E-state index in [0.717, 1.165) is 6.92 Å². The van der Waals surface area contributed by atoms with Crippen LogP contribution in [-0.2, 0) is 4.74 Å². The molecule has 0 aliphatic rings. The quantitative estimate of drug-likeness (QED) is 0.658. The first kappa shape index (κ1) is 18.1. The molecule has 0 heterocycles. The molecule has 0 unspecified atom stereocenters. The third-order valence-electron chi connectivity index (χ3n) is 1.31. The minimum atomic E-state index is -5.06. The third kappa shape index (κ3) is 9.68. The molecule has 0 fully saturated rings. The Morgan fingerprint density at radius 2 is 1.73 bits per heavy atom. The second kappa shape index (κ2) is 6.49.